The molecule has 0 fully saturated rings. The van der Waals surface area contributed by atoms with Crippen molar-refractivity contribution in [1.82, 2.24) is 15.0 Å². The molecule has 80 valence electrons. The zero-order valence-corrected chi connectivity index (χ0v) is 9.47. The van der Waals surface area contributed by atoms with E-state index < -0.39 is 0 Å². The second-order valence-electron chi connectivity index (χ2n) is 3.21. The molecule has 4 nitrogen and oxygen atoms in total. The van der Waals surface area contributed by atoms with E-state index in [-0.39, 0.29) is 0 Å². The molecule has 15 heavy (non-hydrogen) atoms. The molecule has 0 aliphatic heterocycles. The quantitative estimate of drug-likeness (QED) is 0.814. The Morgan fingerprint density at radius 2 is 2.47 bits per heavy atom. The van der Waals surface area contributed by atoms with Crippen LogP contribution < -0.4 is 5.32 Å². The lowest BCUT2D eigenvalue weighted by atomic mass is 10.4. The number of aryl methyl sites for hydroxylation is 1. The van der Waals surface area contributed by atoms with E-state index in [1.54, 1.807) is 17.5 Å². The van der Waals surface area contributed by atoms with Crippen molar-refractivity contribution in [2.75, 3.05) is 11.9 Å². The van der Waals surface area contributed by atoms with Crippen molar-refractivity contribution in [3.8, 4) is 0 Å². The zero-order chi connectivity index (χ0) is 10.5. The van der Waals surface area contributed by atoms with Gasteiger partial charge >= 0.3 is 0 Å². The Morgan fingerprint density at radius 3 is 3.13 bits per heavy atom. The van der Waals surface area contributed by atoms with Gasteiger partial charge in [0.15, 0.2) is 5.13 Å². The second-order valence-corrected chi connectivity index (χ2v) is 4.07. The van der Waals surface area contributed by atoms with E-state index in [0.29, 0.717) is 0 Å². The summed E-state index contributed by atoms with van der Waals surface area (Å²) in [5, 5.41) is 6.38. The summed E-state index contributed by atoms with van der Waals surface area (Å²) in [5.41, 5.74) is 1.15. The molecule has 2 aromatic rings. The number of rotatable bonds is 5. The molecule has 2 N–H and O–H groups in total. The molecule has 0 unspecified atom stereocenters. The van der Waals surface area contributed by atoms with Gasteiger partial charge in [-0.05, 0) is 6.42 Å². The number of aromatic amines is 1. The van der Waals surface area contributed by atoms with E-state index in [9.17, 15) is 0 Å². The number of aromatic nitrogens is 3. The van der Waals surface area contributed by atoms with Crippen LogP contribution in [0.1, 0.15) is 18.4 Å². The lowest BCUT2D eigenvalue weighted by Crippen LogP contribution is -2.05. The van der Waals surface area contributed by atoms with Crippen LogP contribution in [0.5, 0.6) is 0 Å². The van der Waals surface area contributed by atoms with Crippen molar-refractivity contribution in [1.29, 1.82) is 0 Å². The molecule has 0 saturated carbocycles. The van der Waals surface area contributed by atoms with Crippen molar-refractivity contribution < 1.29 is 0 Å². The molecule has 0 amide bonds. The third-order valence-electron chi connectivity index (χ3n) is 2.11. The number of anilines is 1. The first kappa shape index (κ1) is 10.2. The van der Waals surface area contributed by atoms with Crippen molar-refractivity contribution in [3.05, 3.63) is 29.3 Å². The number of imidazole rings is 1. The normalized spacial score (nSPS) is 10.5. The molecule has 0 aliphatic carbocycles. The number of hydrogen-bond acceptors (Lipinski definition) is 4. The van der Waals surface area contributed by atoms with E-state index in [4.69, 9.17) is 0 Å². The molecule has 0 spiro atoms. The number of hydrogen-bond donors (Lipinski definition) is 2. The minimum Gasteiger partial charge on any atom is -0.361 e. The highest BCUT2D eigenvalue weighted by atomic mass is 32.1. The highest BCUT2D eigenvalue weighted by Gasteiger charge is 1.99. The summed E-state index contributed by atoms with van der Waals surface area (Å²) in [6.45, 7) is 2.98. The van der Waals surface area contributed by atoms with Crippen molar-refractivity contribution in [2.24, 2.45) is 0 Å². The Morgan fingerprint density at radius 1 is 1.53 bits per heavy atom. The van der Waals surface area contributed by atoms with E-state index in [1.165, 1.54) is 0 Å². The molecule has 5 heteroatoms. The van der Waals surface area contributed by atoms with Gasteiger partial charge in [-0.15, -0.1) is 11.3 Å². The Kier molecular flexibility index (Phi) is 3.34. The number of H-pyrrole nitrogens is 1. The number of nitrogens with zero attached hydrogens (tertiary/aromatic N) is 2. The van der Waals surface area contributed by atoms with E-state index in [1.807, 2.05) is 6.20 Å². The fourth-order valence-electron chi connectivity index (χ4n) is 1.27. The van der Waals surface area contributed by atoms with Gasteiger partial charge in [0.25, 0.3) is 0 Å². The molecular formula is C10H14N4S. The molecule has 2 aromatic heterocycles. The van der Waals surface area contributed by atoms with Crippen molar-refractivity contribution in [2.45, 2.75) is 19.8 Å². The summed E-state index contributed by atoms with van der Waals surface area (Å²) >= 11 is 1.66. The van der Waals surface area contributed by atoms with Gasteiger partial charge in [0.2, 0.25) is 0 Å². The van der Waals surface area contributed by atoms with Gasteiger partial charge in [-0.1, -0.05) is 6.92 Å². The Hall–Kier alpha value is -1.36. The van der Waals surface area contributed by atoms with Gasteiger partial charge in [0, 0.05) is 30.7 Å². The third kappa shape index (κ3) is 2.79. The average molecular weight is 222 g/mol. The maximum atomic E-state index is 4.42. The maximum Gasteiger partial charge on any atom is 0.182 e. The fraction of sp³-hybridized carbons (Fsp3) is 0.400. The molecule has 0 aromatic carbocycles. The predicted octanol–water partition coefficient (Wildman–Crippen LogP) is 2.08. The highest BCUT2D eigenvalue weighted by molar-refractivity contribution is 7.13. The first-order valence-electron chi connectivity index (χ1n) is 5.05. The van der Waals surface area contributed by atoms with Crippen LogP contribution in [0.4, 0.5) is 5.13 Å². The van der Waals surface area contributed by atoms with Gasteiger partial charge in [-0.2, -0.15) is 0 Å². The lowest BCUT2D eigenvalue weighted by Gasteiger charge is -1.99. The van der Waals surface area contributed by atoms with Crippen LogP contribution in [0, 0.1) is 0 Å². The maximum absolute atomic E-state index is 4.42. The molecule has 2 rings (SSSR count). The molecule has 0 atom stereocenters. The van der Waals surface area contributed by atoms with Crippen LogP contribution in [0.25, 0.3) is 0 Å². The Bertz CT molecular complexity index is 393. The first-order valence-corrected chi connectivity index (χ1v) is 5.93. The minimum atomic E-state index is 0.865. The molecule has 0 bridgehead atoms. The van der Waals surface area contributed by atoms with Crippen LogP contribution >= 0.6 is 11.3 Å². The summed E-state index contributed by atoms with van der Waals surface area (Å²) in [6, 6.07) is 0. The molecule has 0 saturated heterocycles. The van der Waals surface area contributed by atoms with Gasteiger partial charge in [-0.3, -0.25) is 0 Å². The highest BCUT2D eigenvalue weighted by Crippen LogP contribution is 2.15. The van der Waals surface area contributed by atoms with Crippen molar-refractivity contribution in [3.63, 3.8) is 0 Å². The monoisotopic (exact) mass is 222 g/mol. The zero-order valence-electron chi connectivity index (χ0n) is 8.66. The largest absolute Gasteiger partial charge is 0.361 e. The standard InChI is InChI=1S/C10H14N4S/c1-2-8-7-15-10(14-8)13-4-3-9-11-5-6-12-9/h5-7H,2-4H2,1H3,(H,11,12)(H,13,14). The van der Waals surface area contributed by atoms with Gasteiger partial charge in [-0.25, -0.2) is 9.97 Å². The SMILES string of the molecule is CCc1csc(NCCc2ncc[nH]2)n1. The summed E-state index contributed by atoms with van der Waals surface area (Å²) in [4.78, 5) is 11.7. The van der Waals surface area contributed by atoms with E-state index >= 15 is 0 Å². The van der Waals surface area contributed by atoms with E-state index in [0.717, 1.165) is 36.0 Å². The van der Waals surface area contributed by atoms with Crippen LogP contribution in [0.2, 0.25) is 0 Å². The summed E-state index contributed by atoms with van der Waals surface area (Å²) < 4.78 is 0. The Labute approximate surface area is 92.8 Å². The number of nitrogens with one attached hydrogen (secondary N) is 2. The molecule has 0 radical (unpaired) electrons. The van der Waals surface area contributed by atoms with Crippen LogP contribution in [0.3, 0.4) is 0 Å². The smallest absolute Gasteiger partial charge is 0.182 e. The van der Waals surface area contributed by atoms with Gasteiger partial charge in [0.1, 0.15) is 5.82 Å². The molecule has 2 heterocycles. The lowest BCUT2D eigenvalue weighted by molar-refractivity contribution is 0.923. The number of thiazole rings is 1. The summed E-state index contributed by atoms with van der Waals surface area (Å²) in [5.74, 6) is 1.01. The molecule has 0 aliphatic rings. The van der Waals surface area contributed by atoms with Gasteiger partial charge < -0.3 is 10.3 Å². The molecular weight excluding hydrogens is 208 g/mol. The fourth-order valence-corrected chi connectivity index (χ4v) is 2.10. The first-order chi connectivity index (χ1) is 7.38. The third-order valence-corrected chi connectivity index (χ3v) is 2.96. The second kappa shape index (κ2) is 4.93. The topological polar surface area (TPSA) is 53.6 Å². The average Bonchev–Trinajstić information content (AvgIpc) is 2.88. The minimum absolute atomic E-state index is 0.865. The van der Waals surface area contributed by atoms with Crippen molar-refractivity contribution >= 4 is 16.5 Å². The van der Waals surface area contributed by atoms with Gasteiger partial charge in [0.05, 0.1) is 5.69 Å². The predicted molar refractivity (Wildman–Crippen MR) is 62.3 cm³/mol. The van der Waals surface area contributed by atoms with Crippen LogP contribution in [0.15, 0.2) is 17.8 Å². The van der Waals surface area contributed by atoms with E-state index in [2.05, 4.69) is 32.6 Å². The summed E-state index contributed by atoms with van der Waals surface area (Å²) in [6.07, 6.45) is 5.51. The Balaban J connectivity index is 1.78. The summed E-state index contributed by atoms with van der Waals surface area (Å²) in [7, 11) is 0. The van der Waals surface area contributed by atoms with Crippen LogP contribution in [-0.2, 0) is 12.8 Å². The van der Waals surface area contributed by atoms with Crippen LogP contribution in [-0.4, -0.2) is 21.5 Å².